The summed E-state index contributed by atoms with van der Waals surface area (Å²) in [6.07, 6.45) is -3.30. The highest BCUT2D eigenvalue weighted by molar-refractivity contribution is 7.89. The van der Waals surface area contributed by atoms with Crippen LogP contribution < -0.4 is 5.32 Å². The molecule has 6 nitrogen and oxygen atoms in total. The van der Waals surface area contributed by atoms with Crippen LogP contribution in [0.1, 0.15) is 5.76 Å². The molecule has 0 atom stereocenters. The molecular formula is C15H14ClF3N2O4S. The molecule has 1 heterocycles. The summed E-state index contributed by atoms with van der Waals surface area (Å²) in [5.41, 5.74) is 0. The lowest BCUT2D eigenvalue weighted by Crippen LogP contribution is -2.43. The van der Waals surface area contributed by atoms with Crippen molar-refractivity contribution in [1.82, 2.24) is 9.62 Å². The number of hydrogen-bond acceptors (Lipinski definition) is 4. The van der Waals surface area contributed by atoms with E-state index in [4.69, 9.17) is 16.0 Å². The number of alkyl halides is 3. The van der Waals surface area contributed by atoms with Crippen LogP contribution in [-0.2, 0) is 21.4 Å². The molecule has 1 aromatic heterocycles. The van der Waals surface area contributed by atoms with Gasteiger partial charge in [0.05, 0.1) is 24.2 Å². The van der Waals surface area contributed by atoms with Gasteiger partial charge in [0, 0.05) is 5.02 Å². The van der Waals surface area contributed by atoms with Gasteiger partial charge in [-0.2, -0.15) is 17.5 Å². The van der Waals surface area contributed by atoms with Gasteiger partial charge < -0.3 is 9.73 Å². The molecule has 1 amide bonds. The first-order valence-electron chi connectivity index (χ1n) is 7.19. The van der Waals surface area contributed by atoms with Crippen LogP contribution in [0.4, 0.5) is 13.2 Å². The van der Waals surface area contributed by atoms with E-state index in [1.54, 1.807) is 5.32 Å². The monoisotopic (exact) mass is 410 g/mol. The van der Waals surface area contributed by atoms with E-state index in [0.29, 0.717) is 4.31 Å². The minimum atomic E-state index is -4.60. The minimum Gasteiger partial charge on any atom is -0.468 e. The number of carbonyl (C=O) groups is 1. The molecule has 1 N–H and O–H groups in total. The fourth-order valence-electron chi connectivity index (χ4n) is 1.99. The van der Waals surface area contributed by atoms with E-state index < -0.39 is 35.2 Å². The fraction of sp³-hybridized carbons (Fsp3) is 0.267. The van der Waals surface area contributed by atoms with Crippen molar-refractivity contribution in [2.75, 3.05) is 13.1 Å². The summed E-state index contributed by atoms with van der Waals surface area (Å²) in [7, 11) is -4.20. The smallest absolute Gasteiger partial charge is 0.405 e. The molecule has 142 valence electrons. The first-order valence-corrected chi connectivity index (χ1v) is 9.01. The number of carbonyl (C=O) groups excluding carboxylic acids is 1. The van der Waals surface area contributed by atoms with E-state index in [1.165, 1.54) is 42.7 Å². The van der Waals surface area contributed by atoms with E-state index in [1.807, 2.05) is 0 Å². The quantitative estimate of drug-likeness (QED) is 0.761. The van der Waals surface area contributed by atoms with E-state index in [9.17, 15) is 26.4 Å². The number of rotatable bonds is 7. The van der Waals surface area contributed by atoms with Gasteiger partial charge in [0.1, 0.15) is 12.3 Å². The second-order valence-corrected chi connectivity index (χ2v) is 7.58. The van der Waals surface area contributed by atoms with Gasteiger partial charge in [-0.05, 0) is 30.3 Å². The van der Waals surface area contributed by atoms with Gasteiger partial charge in [0.2, 0.25) is 15.9 Å². The average molecular weight is 411 g/mol. The number of sulfonamides is 1. The maximum atomic E-state index is 12.8. The summed E-state index contributed by atoms with van der Waals surface area (Å²) < 4.78 is 68.0. The molecule has 1 aromatic carbocycles. The van der Waals surface area contributed by atoms with Gasteiger partial charge in [0.25, 0.3) is 0 Å². The molecule has 0 saturated heterocycles. The lowest BCUT2D eigenvalue weighted by atomic mass is 10.4. The highest BCUT2D eigenvalue weighted by Crippen LogP contribution is 2.21. The van der Waals surface area contributed by atoms with Crippen LogP contribution in [0.25, 0.3) is 0 Å². The first kappa shape index (κ1) is 20.3. The van der Waals surface area contributed by atoms with E-state index in [0.717, 1.165) is 0 Å². The van der Waals surface area contributed by atoms with Crippen molar-refractivity contribution in [3.05, 3.63) is 53.4 Å². The molecule has 0 fully saturated rings. The van der Waals surface area contributed by atoms with Gasteiger partial charge in [-0.25, -0.2) is 8.42 Å². The molecule has 0 saturated carbocycles. The van der Waals surface area contributed by atoms with Gasteiger partial charge in [-0.3, -0.25) is 4.79 Å². The number of halogens is 4. The molecule has 2 rings (SSSR count). The second-order valence-electron chi connectivity index (χ2n) is 5.20. The highest BCUT2D eigenvalue weighted by atomic mass is 35.5. The standard InChI is InChI=1S/C15H14ClF3N2O4S/c16-11-3-1-5-13(7-11)26(23,24)21(8-12-4-2-6-25-12)9-14(22)20-10-15(17,18)19/h1-7H,8-10H2,(H,20,22). The van der Waals surface area contributed by atoms with Gasteiger partial charge in [-0.1, -0.05) is 17.7 Å². The zero-order chi connectivity index (χ0) is 19.4. The number of nitrogens with one attached hydrogen (secondary N) is 1. The Balaban J connectivity index is 2.24. The van der Waals surface area contributed by atoms with Crippen molar-refractivity contribution < 1.29 is 30.8 Å². The van der Waals surface area contributed by atoms with Crippen LogP contribution in [0.15, 0.2) is 52.0 Å². The molecule has 0 unspecified atom stereocenters. The van der Waals surface area contributed by atoms with Crippen molar-refractivity contribution in [3.8, 4) is 0 Å². The van der Waals surface area contributed by atoms with E-state index in [2.05, 4.69) is 0 Å². The molecule has 11 heteroatoms. The minimum absolute atomic E-state index is 0.158. The summed E-state index contributed by atoms with van der Waals surface area (Å²) in [5, 5.41) is 1.80. The van der Waals surface area contributed by atoms with Crippen molar-refractivity contribution >= 4 is 27.5 Å². The predicted molar refractivity (Wildman–Crippen MR) is 86.8 cm³/mol. The summed E-state index contributed by atoms with van der Waals surface area (Å²) in [4.78, 5) is 11.6. The highest BCUT2D eigenvalue weighted by Gasteiger charge is 2.31. The van der Waals surface area contributed by atoms with Crippen LogP contribution in [0.5, 0.6) is 0 Å². The van der Waals surface area contributed by atoms with Crippen molar-refractivity contribution in [2.45, 2.75) is 17.6 Å². The summed E-state index contributed by atoms with van der Waals surface area (Å²) in [6.45, 7) is -2.70. The maximum absolute atomic E-state index is 12.8. The SMILES string of the molecule is O=C(CN(Cc1ccco1)S(=O)(=O)c1cccc(Cl)c1)NCC(F)(F)F. The number of amides is 1. The zero-order valence-electron chi connectivity index (χ0n) is 13.2. The Labute approximate surface area is 152 Å². The molecule has 0 spiro atoms. The van der Waals surface area contributed by atoms with Gasteiger partial charge >= 0.3 is 6.18 Å². The summed E-state index contributed by atoms with van der Waals surface area (Å²) >= 11 is 5.80. The Hall–Kier alpha value is -2.04. The Bertz CT molecular complexity index is 854. The Morgan fingerprint density at radius 3 is 2.54 bits per heavy atom. The Morgan fingerprint density at radius 1 is 1.23 bits per heavy atom. The predicted octanol–water partition coefficient (Wildman–Crippen LogP) is 2.80. The number of furan rings is 1. The lowest BCUT2D eigenvalue weighted by Gasteiger charge is -2.21. The summed E-state index contributed by atoms with van der Waals surface area (Å²) in [5.74, 6) is -0.876. The average Bonchev–Trinajstić information content (AvgIpc) is 3.05. The lowest BCUT2D eigenvalue weighted by molar-refractivity contribution is -0.138. The first-order chi connectivity index (χ1) is 12.1. The number of nitrogens with zero attached hydrogens (tertiary/aromatic N) is 1. The maximum Gasteiger partial charge on any atom is 0.405 e. The van der Waals surface area contributed by atoms with Crippen LogP contribution in [0.3, 0.4) is 0 Å². The van der Waals surface area contributed by atoms with Gasteiger partial charge in [-0.15, -0.1) is 0 Å². The largest absolute Gasteiger partial charge is 0.468 e. The Morgan fingerprint density at radius 2 is 1.96 bits per heavy atom. The number of benzene rings is 1. The van der Waals surface area contributed by atoms with Crippen LogP contribution in [0.2, 0.25) is 5.02 Å². The third-order valence-corrected chi connectivity index (χ3v) is 5.17. The van der Waals surface area contributed by atoms with Crippen molar-refractivity contribution in [1.29, 1.82) is 0 Å². The molecule has 0 aliphatic carbocycles. The van der Waals surface area contributed by atoms with Crippen molar-refractivity contribution in [3.63, 3.8) is 0 Å². The summed E-state index contributed by atoms with van der Waals surface area (Å²) in [6, 6.07) is 8.32. The fourth-order valence-corrected chi connectivity index (χ4v) is 3.66. The molecule has 0 radical (unpaired) electrons. The molecule has 0 bridgehead atoms. The third kappa shape index (κ3) is 5.75. The van der Waals surface area contributed by atoms with Crippen molar-refractivity contribution in [2.24, 2.45) is 0 Å². The second kappa shape index (κ2) is 8.11. The number of hydrogen-bond donors (Lipinski definition) is 1. The Kier molecular flexibility index (Phi) is 6.32. The molecule has 26 heavy (non-hydrogen) atoms. The van der Waals surface area contributed by atoms with Crippen LogP contribution in [0, 0.1) is 0 Å². The molecule has 0 aliphatic rings. The third-order valence-electron chi connectivity index (χ3n) is 3.15. The zero-order valence-corrected chi connectivity index (χ0v) is 14.7. The topological polar surface area (TPSA) is 79.6 Å². The molecule has 0 aliphatic heterocycles. The normalized spacial score (nSPS) is 12.3. The van der Waals surface area contributed by atoms with Gasteiger partial charge in [0.15, 0.2) is 0 Å². The van der Waals surface area contributed by atoms with Crippen LogP contribution >= 0.6 is 11.6 Å². The van der Waals surface area contributed by atoms with Crippen LogP contribution in [-0.4, -0.2) is 37.9 Å². The molecule has 2 aromatic rings. The van der Waals surface area contributed by atoms with E-state index >= 15 is 0 Å². The molecular weight excluding hydrogens is 397 g/mol. The van der Waals surface area contributed by atoms with E-state index in [-0.39, 0.29) is 22.2 Å².